The molecule has 0 saturated carbocycles. The second kappa shape index (κ2) is 5.53. The Morgan fingerprint density at radius 3 is 2.78 bits per heavy atom. The van der Waals surface area contributed by atoms with Gasteiger partial charge in [-0.3, -0.25) is 4.79 Å². The molecular formula is C15H21NO2. The van der Waals surface area contributed by atoms with E-state index in [0.717, 1.165) is 12.8 Å². The minimum Gasteiger partial charge on any atom is -0.469 e. The number of nitrogens with zero attached hydrogens (tertiary/aromatic N) is 1. The smallest absolute Gasteiger partial charge is 0.306 e. The Hall–Kier alpha value is -1.35. The van der Waals surface area contributed by atoms with Crippen molar-refractivity contribution in [3.8, 4) is 0 Å². The Morgan fingerprint density at radius 1 is 1.39 bits per heavy atom. The summed E-state index contributed by atoms with van der Waals surface area (Å²) in [5.74, 6) is 0.126. The summed E-state index contributed by atoms with van der Waals surface area (Å²) in [6.07, 6.45) is 2.67. The summed E-state index contributed by atoms with van der Waals surface area (Å²) < 4.78 is 4.84. The number of rotatable bonds is 3. The van der Waals surface area contributed by atoms with Crippen LogP contribution in [0.5, 0.6) is 0 Å². The van der Waals surface area contributed by atoms with Gasteiger partial charge in [0.05, 0.1) is 13.5 Å². The molecule has 0 saturated heterocycles. The summed E-state index contributed by atoms with van der Waals surface area (Å²) in [6.45, 7) is 0. The van der Waals surface area contributed by atoms with Gasteiger partial charge in [-0.05, 0) is 38.1 Å². The first-order valence-electron chi connectivity index (χ1n) is 6.44. The lowest BCUT2D eigenvalue weighted by Crippen LogP contribution is -2.38. The molecule has 98 valence electrons. The van der Waals surface area contributed by atoms with Gasteiger partial charge in [0.25, 0.3) is 0 Å². The van der Waals surface area contributed by atoms with Crippen molar-refractivity contribution in [2.45, 2.75) is 31.2 Å². The molecule has 0 radical (unpaired) electrons. The van der Waals surface area contributed by atoms with Gasteiger partial charge in [-0.2, -0.15) is 0 Å². The zero-order chi connectivity index (χ0) is 13.1. The number of fused-ring (bicyclic) bond motifs is 1. The van der Waals surface area contributed by atoms with Crippen LogP contribution in [0.4, 0.5) is 0 Å². The van der Waals surface area contributed by atoms with E-state index in [2.05, 4.69) is 43.3 Å². The highest BCUT2D eigenvalue weighted by Crippen LogP contribution is 2.36. The van der Waals surface area contributed by atoms with Crippen LogP contribution in [0, 0.1) is 0 Å². The molecule has 1 aliphatic rings. The molecule has 3 nitrogen and oxygen atoms in total. The maximum atomic E-state index is 11.6. The van der Waals surface area contributed by atoms with Crippen LogP contribution < -0.4 is 0 Å². The first kappa shape index (κ1) is 13.1. The van der Waals surface area contributed by atoms with Gasteiger partial charge in [0, 0.05) is 12.0 Å². The summed E-state index contributed by atoms with van der Waals surface area (Å²) >= 11 is 0. The Bertz CT molecular complexity index is 428. The SMILES string of the molecule is COC(=O)CC1c2ccccc2CCC1N(C)C. The second-order valence-electron chi connectivity index (χ2n) is 5.16. The molecule has 1 aliphatic carbocycles. The largest absolute Gasteiger partial charge is 0.469 e. The lowest BCUT2D eigenvalue weighted by molar-refractivity contribution is -0.141. The first-order chi connectivity index (χ1) is 8.63. The van der Waals surface area contributed by atoms with Gasteiger partial charge in [-0.15, -0.1) is 0 Å². The lowest BCUT2D eigenvalue weighted by Gasteiger charge is -2.37. The summed E-state index contributed by atoms with van der Waals surface area (Å²) in [5.41, 5.74) is 2.69. The van der Waals surface area contributed by atoms with E-state index in [9.17, 15) is 4.79 Å². The normalized spacial score (nSPS) is 22.7. The highest BCUT2D eigenvalue weighted by molar-refractivity contribution is 5.70. The van der Waals surface area contributed by atoms with Crippen molar-refractivity contribution in [1.29, 1.82) is 0 Å². The number of likely N-dealkylation sites (N-methyl/N-ethyl adjacent to an activating group) is 1. The van der Waals surface area contributed by atoms with Gasteiger partial charge in [0.2, 0.25) is 0 Å². The number of ether oxygens (including phenoxy) is 1. The third kappa shape index (κ3) is 2.56. The summed E-state index contributed by atoms with van der Waals surface area (Å²) in [5, 5.41) is 0. The van der Waals surface area contributed by atoms with Gasteiger partial charge in [-0.1, -0.05) is 24.3 Å². The predicted molar refractivity (Wildman–Crippen MR) is 71.6 cm³/mol. The van der Waals surface area contributed by atoms with E-state index in [1.807, 2.05) is 0 Å². The Morgan fingerprint density at radius 2 is 2.11 bits per heavy atom. The molecule has 2 atom stereocenters. The van der Waals surface area contributed by atoms with Crippen LogP contribution in [0.2, 0.25) is 0 Å². The van der Waals surface area contributed by atoms with E-state index >= 15 is 0 Å². The fraction of sp³-hybridized carbons (Fsp3) is 0.533. The molecule has 2 unspecified atom stereocenters. The van der Waals surface area contributed by atoms with E-state index in [0.29, 0.717) is 12.5 Å². The minimum atomic E-state index is -0.122. The topological polar surface area (TPSA) is 29.5 Å². The van der Waals surface area contributed by atoms with Crippen LogP contribution >= 0.6 is 0 Å². The van der Waals surface area contributed by atoms with Crippen LogP contribution in [0.3, 0.4) is 0 Å². The van der Waals surface area contributed by atoms with Crippen LogP contribution in [0.15, 0.2) is 24.3 Å². The van der Waals surface area contributed by atoms with E-state index < -0.39 is 0 Å². The van der Waals surface area contributed by atoms with E-state index in [4.69, 9.17) is 4.74 Å². The molecule has 0 spiro atoms. The monoisotopic (exact) mass is 247 g/mol. The van der Waals surface area contributed by atoms with Crippen molar-refractivity contribution in [2.24, 2.45) is 0 Å². The number of hydrogen-bond donors (Lipinski definition) is 0. The van der Waals surface area contributed by atoms with Crippen molar-refractivity contribution in [2.75, 3.05) is 21.2 Å². The van der Waals surface area contributed by atoms with Crippen molar-refractivity contribution in [1.82, 2.24) is 4.90 Å². The molecule has 0 amide bonds. The number of carbonyl (C=O) groups excluding carboxylic acids is 1. The second-order valence-corrected chi connectivity index (χ2v) is 5.16. The van der Waals surface area contributed by atoms with Crippen LogP contribution in [0.1, 0.15) is 29.9 Å². The number of hydrogen-bond acceptors (Lipinski definition) is 3. The maximum Gasteiger partial charge on any atom is 0.306 e. The summed E-state index contributed by atoms with van der Waals surface area (Å²) in [6, 6.07) is 8.87. The van der Waals surface area contributed by atoms with Crippen molar-refractivity contribution < 1.29 is 9.53 Å². The zero-order valence-corrected chi connectivity index (χ0v) is 11.3. The number of carbonyl (C=O) groups is 1. The quantitative estimate of drug-likeness (QED) is 0.767. The van der Waals surface area contributed by atoms with E-state index in [-0.39, 0.29) is 11.9 Å². The number of aryl methyl sites for hydroxylation is 1. The third-order valence-electron chi connectivity index (χ3n) is 3.91. The molecule has 0 N–H and O–H groups in total. The Kier molecular flexibility index (Phi) is 4.02. The average Bonchev–Trinajstić information content (AvgIpc) is 2.38. The first-order valence-corrected chi connectivity index (χ1v) is 6.44. The molecule has 1 aromatic carbocycles. The van der Waals surface area contributed by atoms with Gasteiger partial charge >= 0.3 is 5.97 Å². The van der Waals surface area contributed by atoms with Crippen LogP contribution in [-0.4, -0.2) is 38.1 Å². The zero-order valence-electron chi connectivity index (χ0n) is 11.3. The van der Waals surface area contributed by atoms with Crippen LogP contribution in [0.25, 0.3) is 0 Å². The van der Waals surface area contributed by atoms with Gasteiger partial charge < -0.3 is 9.64 Å². The molecule has 3 heteroatoms. The molecule has 2 rings (SSSR count). The van der Waals surface area contributed by atoms with E-state index in [1.54, 1.807) is 0 Å². The molecule has 1 aromatic rings. The van der Waals surface area contributed by atoms with Crippen molar-refractivity contribution in [3.63, 3.8) is 0 Å². The van der Waals surface area contributed by atoms with Crippen molar-refractivity contribution >= 4 is 5.97 Å². The number of benzene rings is 1. The van der Waals surface area contributed by atoms with Gasteiger partial charge in [-0.25, -0.2) is 0 Å². The lowest BCUT2D eigenvalue weighted by atomic mass is 9.77. The fourth-order valence-corrected chi connectivity index (χ4v) is 2.96. The van der Waals surface area contributed by atoms with Crippen molar-refractivity contribution in [3.05, 3.63) is 35.4 Å². The molecule has 0 fully saturated rings. The Balaban J connectivity index is 2.31. The summed E-state index contributed by atoms with van der Waals surface area (Å²) in [7, 11) is 5.63. The summed E-state index contributed by atoms with van der Waals surface area (Å²) in [4.78, 5) is 13.8. The molecule has 18 heavy (non-hydrogen) atoms. The standard InChI is InChI=1S/C15H21NO2/c1-16(2)14-9-8-11-6-4-5-7-12(11)13(14)10-15(17)18-3/h4-7,13-14H,8-10H2,1-3H3. The molecule has 0 heterocycles. The fourth-order valence-electron chi connectivity index (χ4n) is 2.96. The molecule has 0 aliphatic heterocycles. The molecular weight excluding hydrogens is 226 g/mol. The number of esters is 1. The molecule has 0 bridgehead atoms. The minimum absolute atomic E-state index is 0.122. The Labute approximate surface area is 109 Å². The number of methoxy groups -OCH3 is 1. The maximum absolute atomic E-state index is 11.6. The van der Waals surface area contributed by atoms with E-state index in [1.165, 1.54) is 18.2 Å². The van der Waals surface area contributed by atoms with Gasteiger partial charge in [0.15, 0.2) is 0 Å². The highest BCUT2D eigenvalue weighted by atomic mass is 16.5. The van der Waals surface area contributed by atoms with Crippen LogP contribution in [-0.2, 0) is 16.0 Å². The predicted octanol–water partition coefficient (Wildman–Crippen LogP) is 2.21. The highest BCUT2D eigenvalue weighted by Gasteiger charge is 2.32. The average molecular weight is 247 g/mol. The molecule has 0 aromatic heterocycles. The van der Waals surface area contributed by atoms with Gasteiger partial charge in [0.1, 0.15) is 0 Å². The third-order valence-corrected chi connectivity index (χ3v) is 3.91.